The van der Waals surface area contributed by atoms with E-state index in [4.69, 9.17) is 31.2 Å². The van der Waals surface area contributed by atoms with Crippen LogP contribution in [-0.4, -0.2) is 26.1 Å². The molecule has 7 heteroatoms. The van der Waals surface area contributed by atoms with Gasteiger partial charge < -0.3 is 29.6 Å². The minimum absolute atomic E-state index is 0.0452. The maximum atomic E-state index is 5.47. The molecule has 1 aliphatic heterocycles. The molecule has 0 spiro atoms. The summed E-state index contributed by atoms with van der Waals surface area (Å²) in [5.74, 6) is 2.85. The summed E-state index contributed by atoms with van der Waals surface area (Å²) in [5, 5.41) is 7.06. The van der Waals surface area contributed by atoms with E-state index in [1.54, 1.807) is 14.2 Å². The zero-order valence-corrected chi connectivity index (χ0v) is 15.8. The van der Waals surface area contributed by atoms with Crippen molar-refractivity contribution in [3.05, 3.63) is 42.0 Å². The Morgan fingerprint density at radius 1 is 1.08 bits per heavy atom. The second-order valence-electron chi connectivity index (χ2n) is 5.74. The first kappa shape index (κ1) is 18.1. The molecule has 1 atom stereocenters. The maximum Gasteiger partial charge on any atom is 0.231 e. The summed E-state index contributed by atoms with van der Waals surface area (Å²) in [6.07, 6.45) is 0.860. The number of nitrogens with one attached hydrogen (secondary N) is 2. The highest BCUT2D eigenvalue weighted by molar-refractivity contribution is 7.80. The molecule has 2 N–H and O–H groups in total. The van der Waals surface area contributed by atoms with Crippen LogP contribution in [0.2, 0.25) is 0 Å². The van der Waals surface area contributed by atoms with Crippen LogP contribution in [0.4, 0.5) is 5.69 Å². The molecule has 1 aliphatic rings. The minimum Gasteiger partial charge on any atom is -0.493 e. The third-order valence-electron chi connectivity index (χ3n) is 4.15. The first-order valence-electron chi connectivity index (χ1n) is 8.33. The molecule has 0 radical (unpaired) electrons. The van der Waals surface area contributed by atoms with E-state index in [0.29, 0.717) is 22.4 Å². The quantitative estimate of drug-likeness (QED) is 0.744. The molecule has 0 fully saturated rings. The molecule has 0 aromatic heterocycles. The van der Waals surface area contributed by atoms with Crippen molar-refractivity contribution in [3.63, 3.8) is 0 Å². The average molecular weight is 374 g/mol. The monoisotopic (exact) mass is 374 g/mol. The van der Waals surface area contributed by atoms with Crippen LogP contribution in [0.5, 0.6) is 23.0 Å². The van der Waals surface area contributed by atoms with Gasteiger partial charge in [-0.1, -0.05) is 13.0 Å². The van der Waals surface area contributed by atoms with Gasteiger partial charge in [0.1, 0.15) is 0 Å². The van der Waals surface area contributed by atoms with Crippen molar-refractivity contribution >= 4 is 23.0 Å². The van der Waals surface area contributed by atoms with Crippen molar-refractivity contribution < 1.29 is 18.9 Å². The summed E-state index contributed by atoms with van der Waals surface area (Å²) < 4.78 is 21.4. The van der Waals surface area contributed by atoms with Crippen molar-refractivity contribution in [1.29, 1.82) is 0 Å². The molecule has 0 bridgehead atoms. The van der Waals surface area contributed by atoms with E-state index in [0.717, 1.165) is 23.4 Å². The first-order valence-corrected chi connectivity index (χ1v) is 8.74. The third kappa shape index (κ3) is 3.94. The highest BCUT2D eigenvalue weighted by Gasteiger charge is 2.16. The summed E-state index contributed by atoms with van der Waals surface area (Å²) in [6, 6.07) is 11.5. The molecule has 138 valence electrons. The molecular formula is C19H22N2O4S. The molecule has 26 heavy (non-hydrogen) atoms. The summed E-state index contributed by atoms with van der Waals surface area (Å²) in [4.78, 5) is 0. The zero-order valence-electron chi connectivity index (χ0n) is 15.0. The molecule has 2 aromatic carbocycles. The number of thiocarbonyl (C=S) groups is 1. The van der Waals surface area contributed by atoms with Crippen LogP contribution < -0.4 is 29.6 Å². The van der Waals surface area contributed by atoms with Crippen LogP contribution in [0.3, 0.4) is 0 Å². The zero-order chi connectivity index (χ0) is 18.5. The van der Waals surface area contributed by atoms with E-state index in [1.807, 2.05) is 36.4 Å². The fourth-order valence-corrected chi connectivity index (χ4v) is 3.05. The summed E-state index contributed by atoms with van der Waals surface area (Å²) in [6.45, 7) is 2.34. The number of rotatable bonds is 6. The van der Waals surface area contributed by atoms with Gasteiger partial charge in [-0.15, -0.1) is 0 Å². The van der Waals surface area contributed by atoms with E-state index < -0.39 is 0 Å². The van der Waals surface area contributed by atoms with E-state index >= 15 is 0 Å². The van der Waals surface area contributed by atoms with E-state index in [1.165, 1.54) is 0 Å². The second kappa shape index (κ2) is 8.14. The van der Waals surface area contributed by atoms with Crippen LogP contribution in [0.25, 0.3) is 0 Å². The summed E-state index contributed by atoms with van der Waals surface area (Å²) in [7, 11) is 3.25. The third-order valence-corrected chi connectivity index (χ3v) is 4.37. The van der Waals surface area contributed by atoms with Gasteiger partial charge in [-0.3, -0.25) is 0 Å². The van der Waals surface area contributed by atoms with Crippen LogP contribution in [0, 0.1) is 0 Å². The largest absolute Gasteiger partial charge is 0.493 e. The SMILES string of the molecule is CCC(NC(=S)Nc1ccc2c(c1)OCO2)c1ccc(OC)c(OC)c1. The van der Waals surface area contributed by atoms with Gasteiger partial charge in [0.25, 0.3) is 0 Å². The minimum atomic E-state index is 0.0452. The van der Waals surface area contributed by atoms with Crippen molar-refractivity contribution in [1.82, 2.24) is 5.32 Å². The van der Waals surface area contributed by atoms with Gasteiger partial charge in [0, 0.05) is 11.8 Å². The fourth-order valence-electron chi connectivity index (χ4n) is 2.79. The number of hydrogen-bond donors (Lipinski definition) is 2. The standard InChI is InChI=1S/C19H22N2O4S/c1-4-14(12-5-7-15(22-2)17(9-12)23-3)21-19(26)20-13-6-8-16-18(10-13)25-11-24-16/h5-10,14H,4,11H2,1-3H3,(H2,20,21,26). The average Bonchev–Trinajstić information content (AvgIpc) is 3.13. The number of methoxy groups -OCH3 is 2. The smallest absolute Gasteiger partial charge is 0.231 e. The van der Waals surface area contributed by atoms with E-state index in [2.05, 4.69) is 17.6 Å². The number of benzene rings is 2. The predicted octanol–water partition coefficient (Wildman–Crippen LogP) is 3.87. The summed E-state index contributed by atoms with van der Waals surface area (Å²) >= 11 is 5.47. The number of fused-ring (bicyclic) bond motifs is 1. The lowest BCUT2D eigenvalue weighted by atomic mass is 10.0. The number of anilines is 1. The van der Waals surface area contributed by atoms with Gasteiger partial charge in [-0.2, -0.15) is 0 Å². The van der Waals surface area contributed by atoms with E-state index in [9.17, 15) is 0 Å². The van der Waals surface area contributed by atoms with Crippen LogP contribution in [0.15, 0.2) is 36.4 Å². The highest BCUT2D eigenvalue weighted by atomic mass is 32.1. The molecule has 0 amide bonds. The summed E-state index contributed by atoms with van der Waals surface area (Å²) in [5.41, 5.74) is 1.91. The lowest BCUT2D eigenvalue weighted by Crippen LogP contribution is -2.32. The molecule has 0 saturated carbocycles. The molecule has 1 heterocycles. The van der Waals surface area contributed by atoms with Gasteiger partial charge in [-0.25, -0.2) is 0 Å². The van der Waals surface area contributed by atoms with Gasteiger partial charge in [-0.05, 0) is 48.5 Å². The normalized spacial score (nSPS) is 13.0. The Balaban J connectivity index is 1.68. The predicted molar refractivity (Wildman–Crippen MR) is 104 cm³/mol. The highest BCUT2D eigenvalue weighted by Crippen LogP contribution is 2.34. The van der Waals surface area contributed by atoms with Crippen molar-refractivity contribution in [2.45, 2.75) is 19.4 Å². The Bertz CT molecular complexity index is 797. The van der Waals surface area contributed by atoms with E-state index in [-0.39, 0.29) is 12.8 Å². The van der Waals surface area contributed by atoms with Crippen molar-refractivity contribution in [3.8, 4) is 23.0 Å². The Kier molecular flexibility index (Phi) is 5.68. The molecule has 1 unspecified atom stereocenters. The van der Waals surface area contributed by atoms with Crippen LogP contribution >= 0.6 is 12.2 Å². The second-order valence-corrected chi connectivity index (χ2v) is 6.15. The Morgan fingerprint density at radius 3 is 2.58 bits per heavy atom. The molecule has 6 nitrogen and oxygen atoms in total. The Morgan fingerprint density at radius 2 is 1.85 bits per heavy atom. The molecule has 3 rings (SSSR count). The van der Waals surface area contributed by atoms with Crippen LogP contribution in [-0.2, 0) is 0 Å². The van der Waals surface area contributed by atoms with Gasteiger partial charge in [0.05, 0.1) is 20.3 Å². The lowest BCUT2D eigenvalue weighted by molar-refractivity contribution is 0.174. The van der Waals surface area contributed by atoms with Crippen molar-refractivity contribution in [2.24, 2.45) is 0 Å². The molecule has 0 saturated heterocycles. The molecule has 0 aliphatic carbocycles. The number of ether oxygens (including phenoxy) is 4. The van der Waals surface area contributed by atoms with Gasteiger partial charge in [0.15, 0.2) is 28.1 Å². The topological polar surface area (TPSA) is 61.0 Å². The molecule has 2 aromatic rings. The Hall–Kier alpha value is -2.67. The maximum absolute atomic E-state index is 5.47. The Labute approximate surface area is 158 Å². The molecular weight excluding hydrogens is 352 g/mol. The number of hydrogen-bond acceptors (Lipinski definition) is 5. The lowest BCUT2D eigenvalue weighted by Gasteiger charge is -2.21. The van der Waals surface area contributed by atoms with Crippen molar-refractivity contribution in [2.75, 3.05) is 26.3 Å². The van der Waals surface area contributed by atoms with Crippen LogP contribution in [0.1, 0.15) is 24.9 Å². The van der Waals surface area contributed by atoms with Gasteiger partial charge in [0.2, 0.25) is 6.79 Å². The van der Waals surface area contributed by atoms with Gasteiger partial charge >= 0.3 is 0 Å². The fraction of sp³-hybridized carbons (Fsp3) is 0.316. The first-order chi connectivity index (χ1) is 12.6.